The molecule has 0 radical (unpaired) electrons. The van der Waals surface area contributed by atoms with E-state index in [2.05, 4.69) is 0 Å². The van der Waals surface area contributed by atoms with Crippen molar-refractivity contribution in [1.82, 2.24) is 9.80 Å². The van der Waals surface area contributed by atoms with Crippen LogP contribution in [0.3, 0.4) is 0 Å². The van der Waals surface area contributed by atoms with Gasteiger partial charge in [0.05, 0.1) is 6.42 Å². The first-order valence-corrected chi connectivity index (χ1v) is 7.90. The van der Waals surface area contributed by atoms with Crippen LogP contribution < -0.4 is 0 Å². The Kier molecular flexibility index (Phi) is 5.26. The molecule has 2 amide bonds. The summed E-state index contributed by atoms with van der Waals surface area (Å²) in [5, 5.41) is 8.78. The molecule has 1 unspecified atom stereocenters. The van der Waals surface area contributed by atoms with Crippen LogP contribution in [-0.2, 0) is 4.79 Å². The zero-order valence-electron chi connectivity index (χ0n) is 12.4. The number of aliphatic carboxylic acids is 1. The fraction of sp³-hybridized carbons (Fsp3) is 0.867. The van der Waals surface area contributed by atoms with Gasteiger partial charge in [-0.05, 0) is 38.5 Å². The molecule has 1 saturated heterocycles. The SMILES string of the molecule is CCN(CCC(=O)O)C(=O)N1CCCC1C1CCCC1. The largest absolute Gasteiger partial charge is 0.481 e. The summed E-state index contributed by atoms with van der Waals surface area (Å²) in [5.74, 6) is -0.176. The van der Waals surface area contributed by atoms with Crippen LogP contribution in [0, 0.1) is 5.92 Å². The Morgan fingerprint density at radius 1 is 1.20 bits per heavy atom. The van der Waals surface area contributed by atoms with Crippen LogP contribution in [0.2, 0.25) is 0 Å². The second-order valence-corrected chi connectivity index (χ2v) is 5.95. The Balaban J connectivity index is 1.96. The van der Waals surface area contributed by atoms with E-state index in [0.717, 1.165) is 19.4 Å². The molecule has 0 spiro atoms. The summed E-state index contributed by atoms with van der Waals surface area (Å²) >= 11 is 0. The molecule has 1 heterocycles. The van der Waals surface area contributed by atoms with Crippen LogP contribution in [0.25, 0.3) is 0 Å². The molecule has 0 bridgehead atoms. The maximum atomic E-state index is 12.6. The number of carboxylic acid groups (broad SMARTS) is 1. The Labute approximate surface area is 120 Å². The van der Waals surface area contributed by atoms with Gasteiger partial charge in [-0.2, -0.15) is 0 Å². The molecule has 1 aliphatic heterocycles. The minimum absolute atomic E-state index is 0.0293. The summed E-state index contributed by atoms with van der Waals surface area (Å²) in [4.78, 5) is 27.0. The summed E-state index contributed by atoms with van der Waals surface area (Å²) in [6.45, 7) is 3.66. The molecule has 0 aromatic heterocycles. The molecular formula is C15H26N2O3. The third-order valence-corrected chi connectivity index (χ3v) is 4.74. The van der Waals surface area contributed by atoms with E-state index in [1.54, 1.807) is 4.90 Å². The van der Waals surface area contributed by atoms with Gasteiger partial charge in [-0.15, -0.1) is 0 Å². The van der Waals surface area contributed by atoms with Gasteiger partial charge in [0.25, 0.3) is 0 Å². The third-order valence-electron chi connectivity index (χ3n) is 4.74. The van der Waals surface area contributed by atoms with Gasteiger partial charge in [-0.3, -0.25) is 4.79 Å². The van der Waals surface area contributed by atoms with Gasteiger partial charge >= 0.3 is 12.0 Å². The lowest BCUT2D eigenvalue weighted by atomic mass is 9.96. The Morgan fingerprint density at radius 3 is 2.50 bits per heavy atom. The number of carboxylic acids is 1. The third kappa shape index (κ3) is 3.44. The molecule has 2 fully saturated rings. The molecule has 1 N–H and O–H groups in total. The zero-order chi connectivity index (χ0) is 14.5. The van der Waals surface area contributed by atoms with E-state index in [1.807, 2.05) is 11.8 Å². The van der Waals surface area contributed by atoms with Crippen LogP contribution in [-0.4, -0.2) is 52.6 Å². The molecule has 1 saturated carbocycles. The van der Waals surface area contributed by atoms with E-state index in [0.29, 0.717) is 25.0 Å². The summed E-state index contributed by atoms with van der Waals surface area (Å²) in [6, 6.07) is 0.437. The average molecular weight is 282 g/mol. The molecule has 1 atom stereocenters. The number of carbonyl (C=O) groups is 2. The summed E-state index contributed by atoms with van der Waals surface area (Å²) in [5.41, 5.74) is 0. The highest BCUT2D eigenvalue weighted by molar-refractivity contribution is 5.76. The smallest absolute Gasteiger partial charge is 0.320 e. The monoisotopic (exact) mass is 282 g/mol. The predicted molar refractivity (Wildman–Crippen MR) is 76.6 cm³/mol. The zero-order valence-corrected chi connectivity index (χ0v) is 12.4. The molecule has 114 valence electrons. The van der Waals surface area contributed by atoms with Crippen molar-refractivity contribution in [3.05, 3.63) is 0 Å². The van der Waals surface area contributed by atoms with Crippen molar-refractivity contribution in [2.45, 2.75) is 57.9 Å². The fourth-order valence-corrected chi connectivity index (χ4v) is 3.66. The second-order valence-electron chi connectivity index (χ2n) is 5.95. The maximum Gasteiger partial charge on any atom is 0.320 e. The van der Waals surface area contributed by atoms with Crippen molar-refractivity contribution < 1.29 is 14.7 Å². The second kappa shape index (κ2) is 6.95. The van der Waals surface area contributed by atoms with E-state index in [1.165, 1.54) is 25.7 Å². The van der Waals surface area contributed by atoms with Gasteiger partial charge < -0.3 is 14.9 Å². The highest BCUT2D eigenvalue weighted by Gasteiger charge is 2.37. The van der Waals surface area contributed by atoms with Crippen LogP contribution in [0.15, 0.2) is 0 Å². The highest BCUT2D eigenvalue weighted by atomic mass is 16.4. The van der Waals surface area contributed by atoms with E-state index in [-0.39, 0.29) is 12.5 Å². The molecule has 1 aliphatic carbocycles. The van der Waals surface area contributed by atoms with Gasteiger partial charge in [0.1, 0.15) is 0 Å². The molecule has 5 nitrogen and oxygen atoms in total. The van der Waals surface area contributed by atoms with Crippen molar-refractivity contribution in [3.63, 3.8) is 0 Å². The first kappa shape index (κ1) is 15.1. The highest BCUT2D eigenvalue weighted by Crippen LogP contribution is 2.35. The molecular weight excluding hydrogens is 256 g/mol. The predicted octanol–water partition coefficient (Wildman–Crippen LogP) is 2.56. The van der Waals surface area contributed by atoms with Gasteiger partial charge in [-0.1, -0.05) is 12.8 Å². The van der Waals surface area contributed by atoms with Crippen molar-refractivity contribution in [2.24, 2.45) is 5.92 Å². The van der Waals surface area contributed by atoms with E-state index in [9.17, 15) is 9.59 Å². The number of likely N-dealkylation sites (tertiary alicyclic amines) is 1. The molecule has 20 heavy (non-hydrogen) atoms. The number of amides is 2. The van der Waals surface area contributed by atoms with Gasteiger partial charge in [0.15, 0.2) is 0 Å². The number of hydrogen-bond donors (Lipinski definition) is 1. The Hall–Kier alpha value is -1.26. The summed E-state index contributed by atoms with van der Waals surface area (Å²) in [6.07, 6.45) is 7.31. The topological polar surface area (TPSA) is 60.9 Å². The van der Waals surface area contributed by atoms with E-state index in [4.69, 9.17) is 5.11 Å². The number of carbonyl (C=O) groups excluding carboxylic acids is 1. The average Bonchev–Trinajstić information content (AvgIpc) is 3.09. The van der Waals surface area contributed by atoms with Gasteiger partial charge in [0.2, 0.25) is 0 Å². The normalized spacial score (nSPS) is 23.2. The van der Waals surface area contributed by atoms with Crippen LogP contribution in [0.5, 0.6) is 0 Å². The van der Waals surface area contributed by atoms with Crippen LogP contribution in [0.1, 0.15) is 51.9 Å². The Morgan fingerprint density at radius 2 is 1.90 bits per heavy atom. The Bertz CT molecular complexity index is 353. The summed E-state index contributed by atoms with van der Waals surface area (Å²) in [7, 11) is 0. The van der Waals surface area contributed by atoms with E-state index < -0.39 is 5.97 Å². The lowest BCUT2D eigenvalue weighted by Crippen LogP contribution is -2.47. The first-order valence-electron chi connectivity index (χ1n) is 7.90. The van der Waals surface area contributed by atoms with Gasteiger partial charge in [0, 0.05) is 25.7 Å². The standard InChI is InChI=1S/C15H26N2O3/c1-2-16(11-9-14(18)19)15(20)17-10-5-8-13(17)12-6-3-4-7-12/h12-13H,2-11H2,1H3,(H,18,19). The van der Waals surface area contributed by atoms with Crippen molar-refractivity contribution in [3.8, 4) is 0 Å². The van der Waals surface area contributed by atoms with Gasteiger partial charge in [-0.25, -0.2) is 4.79 Å². The number of urea groups is 1. The lowest BCUT2D eigenvalue weighted by molar-refractivity contribution is -0.137. The fourth-order valence-electron chi connectivity index (χ4n) is 3.66. The van der Waals surface area contributed by atoms with Crippen LogP contribution >= 0.6 is 0 Å². The van der Waals surface area contributed by atoms with Crippen molar-refractivity contribution in [1.29, 1.82) is 0 Å². The van der Waals surface area contributed by atoms with Crippen molar-refractivity contribution >= 4 is 12.0 Å². The molecule has 2 rings (SSSR count). The number of hydrogen-bond acceptors (Lipinski definition) is 2. The molecule has 5 heteroatoms. The minimum atomic E-state index is -0.843. The number of nitrogens with zero attached hydrogens (tertiary/aromatic N) is 2. The number of rotatable bonds is 5. The minimum Gasteiger partial charge on any atom is -0.481 e. The summed E-state index contributed by atoms with van der Waals surface area (Å²) < 4.78 is 0. The molecule has 0 aromatic carbocycles. The quantitative estimate of drug-likeness (QED) is 0.843. The van der Waals surface area contributed by atoms with Crippen molar-refractivity contribution in [2.75, 3.05) is 19.6 Å². The van der Waals surface area contributed by atoms with E-state index >= 15 is 0 Å². The van der Waals surface area contributed by atoms with Crippen LogP contribution in [0.4, 0.5) is 4.79 Å². The first-order chi connectivity index (χ1) is 9.63. The molecule has 2 aliphatic rings. The lowest BCUT2D eigenvalue weighted by Gasteiger charge is -2.33. The maximum absolute atomic E-state index is 12.6. The molecule has 0 aromatic rings.